The quantitative estimate of drug-likeness (QED) is 0.602. The van der Waals surface area contributed by atoms with Crippen LogP contribution in [0, 0.1) is 10.1 Å². The summed E-state index contributed by atoms with van der Waals surface area (Å²) in [5.41, 5.74) is 5.43. The first-order valence-electron chi connectivity index (χ1n) is 5.43. The van der Waals surface area contributed by atoms with Crippen LogP contribution in [0.25, 0.3) is 0 Å². The Morgan fingerprint density at radius 1 is 1.65 bits per heavy atom. The first kappa shape index (κ1) is 11.6. The monoisotopic (exact) mass is 238 g/mol. The molecule has 92 valence electrons. The van der Waals surface area contributed by atoms with E-state index in [1.54, 1.807) is 0 Å². The zero-order chi connectivity index (χ0) is 12.3. The van der Waals surface area contributed by atoms with Crippen LogP contribution in [0.2, 0.25) is 0 Å². The van der Waals surface area contributed by atoms with Crippen molar-refractivity contribution in [3.63, 3.8) is 0 Å². The van der Waals surface area contributed by atoms with Crippen LogP contribution in [0.15, 0.2) is 12.1 Å². The fourth-order valence-electron chi connectivity index (χ4n) is 1.76. The van der Waals surface area contributed by atoms with E-state index >= 15 is 0 Å². The molecule has 3 N–H and O–H groups in total. The van der Waals surface area contributed by atoms with Gasteiger partial charge in [-0.3, -0.25) is 10.1 Å². The Labute approximate surface area is 98.1 Å². The lowest BCUT2D eigenvalue weighted by Gasteiger charge is -2.11. The molecular weight excluding hydrogens is 224 g/mol. The standard InChI is InChI=1S/C10H14N4O3/c11-9-4-3-8(14(15)16)10(13-9)12-6-7-2-1-5-17-7/h3-4,7H,1-2,5-6H2,(H3,11,12,13). The normalized spacial score (nSPS) is 19.2. The third-order valence-electron chi connectivity index (χ3n) is 2.61. The number of ether oxygens (including phenoxy) is 1. The number of hydrogen-bond donors (Lipinski definition) is 2. The lowest BCUT2D eigenvalue weighted by atomic mass is 10.2. The second-order valence-corrected chi connectivity index (χ2v) is 3.88. The zero-order valence-corrected chi connectivity index (χ0v) is 9.26. The third kappa shape index (κ3) is 2.82. The van der Waals surface area contributed by atoms with Crippen molar-refractivity contribution in [2.45, 2.75) is 18.9 Å². The Balaban J connectivity index is 2.07. The predicted molar refractivity (Wildman–Crippen MR) is 62.8 cm³/mol. The smallest absolute Gasteiger partial charge is 0.311 e. The van der Waals surface area contributed by atoms with Gasteiger partial charge in [-0.2, -0.15) is 0 Å². The zero-order valence-electron chi connectivity index (χ0n) is 9.26. The van der Waals surface area contributed by atoms with Crippen LogP contribution < -0.4 is 11.1 Å². The number of pyridine rings is 1. The molecule has 1 aliphatic heterocycles. The van der Waals surface area contributed by atoms with E-state index < -0.39 is 4.92 Å². The number of nitrogens with zero attached hydrogens (tertiary/aromatic N) is 2. The number of nitro groups is 1. The van der Waals surface area contributed by atoms with Gasteiger partial charge in [0.05, 0.1) is 11.0 Å². The maximum atomic E-state index is 10.8. The topological polar surface area (TPSA) is 103 Å². The number of hydrogen-bond acceptors (Lipinski definition) is 6. The maximum absolute atomic E-state index is 10.8. The van der Waals surface area contributed by atoms with Gasteiger partial charge in [0.1, 0.15) is 5.82 Å². The second-order valence-electron chi connectivity index (χ2n) is 3.88. The van der Waals surface area contributed by atoms with Gasteiger partial charge in [0.25, 0.3) is 0 Å². The summed E-state index contributed by atoms with van der Waals surface area (Å²) < 4.78 is 5.41. The van der Waals surface area contributed by atoms with Gasteiger partial charge < -0.3 is 15.8 Å². The number of rotatable bonds is 4. The SMILES string of the molecule is Nc1ccc([N+](=O)[O-])c(NCC2CCCO2)n1. The highest BCUT2D eigenvalue weighted by Crippen LogP contribution is 2.23. The van der Waals surface area contributed by atoms with E-state index in [2.05, 4.69) is 10.3 Å². The predicted octanol–water partition coefficient (Wildman–Crippen LogP) is 1.16. The van der Waals surface area contributed by atoms with Gasteiger partial charge in [-0.25, -0.2) is 4.98 Å². The molecule has 0 amide bonds. The fraction of sp³-hybridized carbons (Fsp3) is 0.500. The molecule has 7 nitrogen and oxygen atoms in total. The molecule has 2 heterocycles. The van der Waals surface area contributed by atoms with Crippen molar-refractivity contribution in [1.29, 1.82) is 0 Å². The van der Waals surface area contributed by atoms with Crippen LogP contribution >= 0.6 is 0 Å². The van der Waals surface area contributed by atoms with Crippen LogP contribution in [-0.2, 0) is 4.74 Å². The van der Waals surface area contributed by atoms with E-state index in [4.69, 9.17) is 10.5 Å². The molecule has 1 aromatic heterocycles. The third-order valence-corrected chi connectivity index (χ3v) is 2.61. The molecule has 1 aromatic rings. The minimum absolute atomic E-state index is 0.0720. The van der Waals surface area contributed by atoms with Crippen LogP contribution in [0.1, 0.15) is 12.8 Å². The molecule has 1 aliphatic rings. The summed E-state index contributed by atoms with van der Waals surface area (Å²) >= 11 is 0. The van der Waals surface area contributed by atoms with Crippen molar-refractivity contribution in [1.82, 2.24) is 4.98 Å². The lowest BCUT2D eigenvalue weighted by Crippen LogP contribution is -2.19. The average molecular weight is 238 g/mol. The summed E-state index contributed by atoms with van der Waals surface area (Å²) in [6.45, 7) is 1.26. The molecule has 0 bridgehead atoms. The molecule has 2 rings (SSSR count). The van der Waals surface area contributed by atoms with E-state index in [0.29, 0.717) is 6.54 Å². The van der Waals surface area contributed by atoms with Crippen molar-refractivity contribution >= 4 is 17.3 Å². The van der Waals surface area contributed by atoms with Gasteiger partial charge in [-0.05, 0) is 18.9 Å². The highest BCUT2D eigenvalue weighted by Gasteiger charge is 2.19. The fourth-order valence-corrected chi connectivity index (χ4v) is 1.76. The molecular formula is C10H14N4O3. The van der Waals surface area contributed by atoms with E-state index in [-0.39, 0.29) is 23.4 Å². The van der Waals surface area contributed by atoms with Gasteiger partial charge in [0, 0.05) is 19.2 Å². The van der Waals surface area contributed by atoms with Crippen molar-refractivity contribution in [2.24, 2.45) is 0 Å². The van der Waals surface area contributed by atoms with Gasteiger partial charge in [0.2, 0.25) is 5.82 Å². The molecule has 0 aliphatic carbocycles. The number of nitrogens with two attached hydrogens (primary N) is 1. The van der Waals surface area contributed by atoms with E-state index in [9.17, 15) is 10.1 Å². The molecule has 17 heavy (non-hydrogen) atoms. The minimum Gasteiger partial charge on any atom is -0.384 e. The van der Waals surface area contributed by atoms with Crippen molar-refractivity contribution < 1.29 is 9.66 Å². The van der Waals surface area contributed by atoms with Crippen molar-refractivity contribution in [2.75, 3.05) is 24.2 Å². The Morgan fingerprint density at radius 3 is 3.12 bits per heavy atom. The molecule has 0 aromatic carbocycles. The van der Waals surface area contributed by atoms with Gasteiger partial charge in [-0.1, -0.05) is 0 Å². The average Bonchev–Trinajstić information content (AvgIpc) is 2.78. The molecule has 0 radical (unpaired) electrons. The number of anilines is 2. The highest BCUT2D eigenvalue weighted by atomic mass is 16.6. The summed E-state index contributed by atoms with van der Waals surface area (Å²) in [5, 5.41) is 13.7. The Kier molecular flexibility index (Phi) is 3.38. The largest absolute Gasteiger partial charge is 0.384 e. The number of nitrogen functional groups attached to an aromatic ring is 1. The Hall–Kier alpha value is -1.89. The van der Waals surface area contributed by atoms with Gasteiger partial charge >= 0.3 is 5.69 Å². The second kappa shape index (κ2) is 4.96. The van der Waals surface area contributed by atoms with Crippen LogP contribution in [-0.4, -0.2) is 29.2 Å². The summed E-state index contributed by atoms with van der Waals surface area (Å²) in [6, 6.07) is 2.76. The van der Waals surface area contributed by atoms with Crippen LogP contribution in [0.3, 0.4) is 0 Å². The van der Waals surface area contributed by atoms with Crippen molar-refractivity contribution in [3.8, 4) is 0 Å². The first-order chi connectivity index (χ1) is 8.16. The van der Waals surface area contributed by atoms with Gasteiger partial charge in [-0.15, -0.1) is 0 Å². The molecule has 1 saturated heterocycles. The van der Waals surface area contributed by atoms with E-state index in [1.165, 1.54) is 12.1 Å². The number of aromatic nitrogens is 1. The molecule has 1 fully saturated rings. The summed E-state index contributed by atoms with van der Waals surface area (Å²) in [7, 11) is 0. The summed E-state index contributed by atoms with van der Waals surface area (Å²) in [4.78, 5) is 14.2. The Bertz CT molecular complexity index is 418. The molecule has 0 spiro atoms. The van der Waals surface area contributed by atoms with Crippen LogP contribution in [0.5, 0.6) is 0 Å². The molecule has 0 saturated carbocycles. The Morgan fingerprint density at radius 2 is 2.47 bits per heavy atom. The highest BCUT2D eigenvalue weighted by molar-refractivity contribution is 5.59. The van der Waals surface area contributed by atoms with E-state index in [1.807, 2.05) is 0 Å². The lowest BCUT2D eigenvalue weighted by molar-refractivity contribution is -0.384. The molecule has 7 heteroatoms. The maximum Gasteiger partial charge on any atom is 0.311 e. The number of nitrogens with one attached hydrogen (secondary N) is 1. The van der Waals surface area contributed by atoms with E-state index in [0.717, 1.165) is 19.4 Å². The van der Waals surface area contributed by atoms with Crippen LogP contribution in [0.4, 0.5) is 17.3 Å². The summed E-state index contributed by atoms with van der Waals surface area (Å²) in [6.07, 6.45) is 2.08. The molecule has 1 atom stereocenters. The van der Waals surface area contributed by atoms with Crippen molar-refractivity contribution in [3.05, 3.63) is 22.2 Å². The van der Waals surface area contributed by atoms with Gasteiger partial charge in [0.15, 0.2) is 0 Å². The first-order valence-corrected chi connectivity index (χ1v) is 5.43. The molecule has 1 unspecified atom stereocenters. The minimum atomic E-state index is -0.482. The summed E-state index contributed by atoms with van der Waals surface area (Å²) in [5.74, 6) is 0.455.